The van der Waals surface area contributed by atoms with Gasteiger partial charge in [0.2, 0.25) is 5.91 Å². The van der Waals surface area contributed by atoms with Crippen molar-refractivity contribution in [2.75, 3.05) is 25.0 Å². The molecule has 2 aliphatic rings. The number of carbonyl (C=O) groups is 1. The molecule has 0 unspecified atom stereocenters. The van der Waals surface area contributed by atoms with Crippen molar-refractivity contribution in [2.45, 2.75) is 44.2 Å². The van der Waals surface area contributed by atoms with Crippen molar-refractivity contribution in [1.82, 2.24) is 4.90 Å². The van der Waals surface area contributed by atoms with E-state index in [1.807, 2.05) is 24.1 Å². The van der Waals surface area contributed by atoms with Gasteiger partial charge in [-0.3, -0.25) is 4.79 Å². The number of benzene rings is 1. The number of rotatable bonds is 3. The molecule has 1 heterocycles. The second kappa shape index (κ2) is 6.87. The van der Waals surface area contributed by atoms with Crippen LogP contribution in [0.25, 0.3) is 0 Å². The number of amides is 1. The fourth-order valence-electron chi connectivity index (χ4n) is 3.90. The Morgan fingerprint density at radius 2 is 1.83 bits per heavy atom. The summed E-state index contributed by atoms with van der Waals surface area (Å²) in [6.07, 6.45) is 4.85. The van der Waals surface area contributed by atoms with Crippen LogP contribution in [0.2, 0.25) is 0 Å². The molecule has 0 spiro atoms. The second-order valence-electron chi connectivity index (χ2n) is 6.85. The quantitative estimate of drug-likeness (QED) is 0.930. The monoisotopic (exact) mass is 319 g/mol. The third-order valence-electron chi connectivity index (χ3n) is 5.44. The molecular formula is C18H26FN3O. The number of hydrogen-bond acceptors (Lipinski definition) is 3. The summed E-state index contributed by atoms with van der Waals surface area (Å²) in [5, 5.41) is 0. The van der Waals surface area contributed by atoms with E-state index in [1.54, 1.807) is 0 Å². The average molecular weight is 319 g/mol. The number of nitrogens with two attached hydrogens (primary N) is 1. The van der Waals surface area contributed by atoms with E-state index in [-0.39, 0.29) is 29.7 Å². The average Bonchev–Trinajstić information content (AvgIpc) is 3.00. The highest BCUT2D eigenvalue weighted by molar-refractivity contribution is 5.80. The predicted octanol–water partition coefficient (Wildman–Crippen LogP) is 2.38. The maximum Gasteiger partial charge on any atom is 0.227 e. The molecule has 5 heteroatoms. The first-order valence-corrected chi connectivity index (χ1v) is 8.59. The SMILES string of the molecule is CN(C(=O)[C@H]1CCC[C@H]1N)C1CCN(c2ccc(F)cc2)CC1. The van der Waals surface area contributed by atoms with Crippen molar-refractivity contribution in [1.29, 1.82) is 0 Å². The summed E-state index contributed by atoms with van der Waals surface area (Å²) in [7, 11) is 1.92. The minimum absolute atomic E-state index is 0.00938. The summed E-state index contributed by atoms with van der Waals surface area (Å²) in [5.41, 5.74) is 7.12. The summed E-state index contributed by atoms with van der Waals surface area (Å²) in [4.78, 5) is 16.8. The molecule has 0 bridgehead atoms. The molecular weight excluding hydrogens is 293 g/mol. The normalized spacial score (nSPS) is 25.6. The van der Waals surface area contributed by atoms with E-state index in [9.17, 15) is 9.18 Å². The Kier molecular flexibility index (Phi) is 4.85. The van der Waals surface area contributed by atoms with Gasteiger partial charge in [0.1, 0.15) is 5.82 Å². The zero-order valence-corrected chi connectivity index (χ0v) is 13.7. The highest BCUT2D eigenvalue weighted by Crippen LogP contribution is 2.28. The molecule has 2 N–H and O–H groups in total. The van der Waals surface area contributed by atoms with Crippen LogP contribution >= 0.6 is 0 Å². The summed E-state index contributed by atoms with van der Waals surface area (Å²) in [5.74, 6) is 0.0206. The molecule has 0 radical (unpaired) electrons. The first-order chi connectivity index (χ1) is 11.1. The van der Waals surface area contributed by atoms with Gasteiger partial charge in [-0.25, -0.2) is 4.39 Å². The Labute approximate surface area is 137 Å². The van der Waals surface area contributed by atoms with E-state index in [0.717, 1.165) is 50.9 Å². The lowest BCUT2D eigenvalue weighted by molar-refractivity contribution is -0.136. The Morgan fingerprint density at radius 3 is 2.39 bits per heavy atom. The van der Waals surface area contributed by atoms with Crippen LogP contribution in [0.15, 0.2) is 24.3 Å². The Hall–Kier alpha value is -1.62. The lowest BCUT2D eigenvalue weighted by Gasteiger charge is -2.39. The molecule has 1 aromatic carbocycles. The maximum absolute atomic E-state index is 13.0. The molecule has 0 aromatic heterocycles. The van der Waals surface area contributed by atoms with E-state index in [1.165, 1.54) is 12.1 Å². The predicted molar refractivity (Wildman–Crippen MR) is 89.7 cm³/mol. The van der Waals surface area contributed by atoms with Crippen LogP contribution < -0.4 is 10.6 Å². The van der Waals surface area contributed by atoms with Gasteiger partial charge in [-0.15, -0.1) is 0 Å². The van der Waals surface area contributed by atoms with Crippen molar-refractivity contribution in [2.24, 2.45) is 11.7 Å². The van der Waals surface area contributed by atoms with Gasteiger partial charge in [0, 0.05) is 37.9 Å². The summed E-state index contributed by atoms with van der Waals surface area (Å²) in [6.45, 7) is 1.79. The van der Waals surface area contributed by atoms with Gasteiger partial charge in [-0.05, 0) is 49.9 Å². The van der Waals surface area contributed by atoms with Crippen molar-refractivity contribution in [3.05, 3.63) is 30.1 Å². The maximum atomic E-state index is 13.0. The summed E-state index contributed by atoms with van der Waals surface area (Å²) < 4.78 is 13.0. The third kappa shape index (κ3) is 3.50. The minimum atomic E-state index is -0.207. The third-order valence-corrected chi connectivity index (χ3v) is 5.44. The fourth-order valence-corrected chi connectivity index (χ4v) is 3.90. The number of nitrogens with zero attached hydrogens (tertiary/aromatic N) is 2. The highest BCUT2D eigenvalue weighted by Gasteiger charge is 2.35. The van der Waals surface area contributed by atoms with Crippen LogP contribution in [0.5, 0.6) is 0 Å². The molecule has 126 valence electrons. The summed E-state index contributed by atoms with van der Waals surface area (Å²) >= 11 is 0. The molecule has 1 saturated carbocycles. The van der Waals surface area contributed by atoms with Crippen molar-refractivity contribution < 1.29 is 9.18 Å². The van der Waals surface area contributed by atoms with Gasteiger partial charge in [-0.2, -0.15) is 0 Å². The van der Waals surface area contributed by atoms with Gasteiger partial charge in [-0.1, -0.05) is 6.42 Å². The Bertz CT molecular complexity index is 540. The molecule has 1 aliphatic heterocycles. The first kappa shape index (κ1) is 16.2. The van der Waals surface area contributed by atoms with Gasteiger partial charge in [0.25, 0.3) is 0 Å². The lowest BCUT2D eigenvalue weighted by Crippen LogP contribution is -2.49. The highest BCUT2D eigenvalue weighted by atomic mass is 19.1. The van der Waals surface area contributed by atoms with Crippen LogP contribution in [0, 0.1) is 11.7 Å². The van der Waals surface area contributed by atoms with Crippen molar-refractivity contribution in [3.63, 3.8) is 0 Å². The number of halogens is 1. The largest absolute Gasteiger partial charge is 0.371 e. The smallest absolute Gasteiger partial charge is 0.227 e. The van der Waals surface area contributed by atoms with Gasteiger partial charge < -0.3 is 15.5 Å². The second-order valence-corrected chi connectivity index (χ2v) is 6.85. The van der Waals surface area contributed by atoms with Crippen LogP contribution in [0.3, 0.4) is 0 Å². The van der Waals surface area contributed by atoms with E-state index in [2.05, 4.69) is 4.90 Å². The van der Waals surface area contributed by atoms with E-state index in [0.29, 0.717) is 0 Å². The van der Waals surface area contributed by atoms with Gasteiger partial charge >= 0.3 is 0 Å². The Balaban J connectivity index is 1.55. The number of carbonyl (C=O) groups excluding carboxylic acids is 1. The molecule has 1 aromatic rings. The van der Waals surface area contributed by atoms with Crippen molar-refractivity contribution in [3.8, 4) is 0 Å². The minimum Gasteiger partial charge on any atom is -0.371 e. The van der Waals surface area contributed by atoms with E-state index < -0.39 is 0 Å². The zero-order valence-electron chi connectivity index (χ0n) is 13.7. The lowest BCUT2D eigenvalue weighted by atomic mass is 9.98. The van der Waals surface area contributed by atoms with Crippen molar-refractivity contribution >= 4 is 11.6 Å². The Morgan fingerprint density at radius 1 is 1.17 bits per heavy atom. The summed E-state index contributed by atoms with van der Waals surface area (Å²) in [6, 6.07) is 6.96. The molecule has 2 atom stereocenters. The van der Waals surface area contributed by atoms with Gasteiger partial charge in [0.15, 0.2) is 0 Å². The number of piperidine rings is 1. The topological polar surface area (TPSA) is 49.6 Å². The van der Waals surface area contributed by atoms with Crippen LogP contribution in [0.1, 0.15) is 32.1 Å². The standard InChI is InChI=1S/C18H26FN3O/c1-21(18(23)16-3-2-4-17(16)20)14-9-11-22(12-10-14)15-7-5-13(19)6-8-15/h5-8,14,16-17H,2-4,9-12,20H2,1H3/t16-,17+/m0/s1. The van der Waals surface area contributed by atoms with Crippen LogP contribution in [-0.2, 0) is 4.79 Å². The molecule has 1 amide bonds. The van der Waals surface area contributed by atoms with E-state index >= 15 is 0 Å². The van der Waals surface area contributed by atoms with Crippen LogP contribution in [0.4, 0.5) is 10.1 Å². The fraction of sp³-hybridized carbons (Fsp3) is 0.611. The van der Waals surface area contributed by atoms with E-state index in [4.69, 9.17) is 5.73 Å². The number of hydrogen-bond donors (Lipinski definition) is 1. The molecule has 23 heavy (non-hydrogen) atoms. The number of anilines is 1. The zero-order chi connectivity index (χ0) is 16.4. The molecule has 4 nitrogen and oxygen atoms in total. The first-order valence-electron chi connectivity index (χ1n) is 8.59. The van der Waals surface area contributed by atoms with Crippen LogP contribution in [-0.4, -0.2) is 43.0 Å². The molecule has 1 saturated heterocycles. The molecule has 1 aliphatic carbocycles. The molecule has 2 fully saturated rings. The van der Waals surface area contributed by atoms with Gasteiger partial charge in [0.05, 0.1) is 5.92 Å². The molecule has 3 rings (SSSR count).